The Kier molecular flexibility index (Phi) is 7.50. The SMILES string of the molecule is [C-]#[N+]c1ccc(C(F)(F)F)nc1S[C@H](CC1COC(C)(C)N1C(=O)OC(C)(C)C)c1cncs1. The molecule has 1 amide bonds. The zero-order chi connectivity index (χ0) is 25.3. The van der Waals surface area contributed by atoms with Crippen LogP contribution in [0.15, 0.2) is 28.9 Å². The number of alkyl halides is 3. The van der Waals surface area contributed by atoms with Crippen molar-refractivity contribution in [2.75, 3.05) is 6.61 Å². The van der Waals surface area contributed by atoms with Crippen LogP contribution in [-0.4, -0.2) is 44.9 Å². The standard InChI is InChI=1S/C22H25F3N4O3S2/c1-20(2,3)32-19(30)29-13(11-31-21(29,4)5)9-15(16-10-27-12-33-16)34-18-14(26-6)7-8-17(28-18)22(23,24)25/h7-8,10,12-13,15H,9,11H2,1-5H3/t13?,15-/m1/s1. The summed E-state index contributed by atoms with van der Waals surface area (Å²) in [6, 6.07) is 1.52. The number of thiazole rings is 1. The summed E-state index contributed by atoms with van der Waals surface area (Å²) in [6.07, 6.45) is -3.20. The number of rotatable bonds is 5. The normalized spacial score (nSPS) is 19.0. The van der Waals surface area contributed by atoms with Gasteiger partial charge < -0.3 is 9.47 Å². The summed E-state index contributed by atoms with van der Waals surface area (Å²) in [5, 5.41) is -0.443. The second-order valence-corrected chi connectivity index (χ2v) is 11.2. The number of thioether (sulfide) groups is 1. The first-order valence-corrected chi connectivity index (χ1v) is 12.1. The number of pyridine rings is 1. The third-order valence-electron chi connectivity index (χ3n) is 4.92. The van der Waals surface area contributed by atoms with Crippen molar-refractivity contribution in [1.29, 1.82) is 0 Å². The van der Waals surface area contributed by atoms with E-state index in [-0.39, 0.29) is 17.3 Å². The summed E-state index contributed by atoms with van der Waals surface area (Å²) in [5.41, 5.74) is -1.05. The molecule has 12 heteroatoms. The molecule has 2 aromatic heterocycles. The zero-order valence-corrected chi connectivity index (χ0v) is 21.0. The first-order chi connectivity index (χ1) is 15.7. The van der Waals surface area contributed by atoms with Crippen LogP contribution in [0.5, 0.6) is 0 Å². The molecule has 1 saturated heterocycles. The van der Waals surface area contributed by atoms with Gasteiger partial charge in [0.15, 0.2) is 0 Å². The van der Waals surface area contributed by atoms with E-state index in [9.17, 15) is 18.0 Å². The van der Waals surface area contributed by atoms with Crippen LogP contribution in [0.2, 0.25) is 0 Å². The number of hydrogen-bond donors (Lipinski definition) is 0. The molecule has 1 aliphatic heterocycles. The van der Waals surface area contributed by atoms with Gasteiger partial charge in [-0.1, -0.05) is 6.07 Å². The Labute approximate surface area is 204 Å². The predicted molar refractivity (Wildman–Crippen MR) is 123 cm³/mol. The predicted octanol–water partition coefficient (Wildman–Crippen LogP) is 6.70. The van der Waals surface area contributed by atoms with Gasteiger partial charge in [-0.05, 0) is 47.1 Å². The van der Waals surface area contributed by atoms with Crippen LogP contribution in [0.25, 0.3) is 4.85 Å². The third-order valence-corrected chi connectivity index (χ3v) is 7.22. The van der Waals surface area contributed by atoms with E-state index in [1.165, 1.54) is 16.2 Å². The minimum absolute atomic E-state index is 0.0229. The number of hydrogen-bond acceptors (Lipinski definition) is 7. The molecule has 3 heterocycles. The number of aromatic nitrogens is 2. The van der Waals surface area contributed by atoms with Crippen molar-refractivity contribution in [2.45, 2.75) is 74.9 Å². The van der Waals surface area contributed by atoms with Crippen molar-refractivity contribution in [3.63, 3.8) is 0 Å². The van der Waals surface area contributed by atoms with Gasteiger partial charge in [0.1, 0.15) is 22.0 Å². The van der Waals surface area contributed by atoms with Crippen LogP contribution < -0.4 is 0 Å². The number of halogens is 3. The van der Waals surface area contributed by atoms with Crippen LogP contribution >= 0.6 is 23.1 Å². The summed E-state index contributed by atoms with van der Waals surface area (Å²) in [5.74, 6) is 0. The van der Waals surface area contributed by atoms with Gasteiger partial charge in [-0.15, -0.1) is 23.1 Å². The van der Waals surface area contributed by atoms with Crippen molar-refractivity contribution in [2.24, 2.45) is 0 Å². The van der Waals surface area contributed by atoms with E-state index in [1.54, 1.807) is 46.3 Å². The second-order valence-electron chi connectivity index (χ2n) is 9.14. The largest absolute Gasteiger partial charge is 0.444 e. The van der Waals surface area contributed by atoms with Gasteiger partial charge in [0, 0.05) is 16.3 Å². The molecular formula is C22H25F3N4O3S2. The second kappa shape index (κ2) is 9.71. The van der Waals surface area contributed by atoms with E-state index in [1.807, 2.05) is 0 Å². The minimum Gasteiger partial charge on any atom is -0.444 e. The lowest BCUT2D eigenvalue weighted by Crippen LogP contribution is -2.50. The van der Waals surface area contributed by atoms with Crippen LogP contribution in [0.1, 0.15) is 56.9 Å². The molecule has 0 bridgehead atoms. The van der Waals surface area contributed by atoms with Crippen molar-refractivity contribution in [3.05, 3.63) is 45.8 Å². The Hall–Kier alpha value is -2.36. The molecule has 2 aromatic rings. The Morgan fingerprint density at radius 1 is 1.41 bits per heavy atom. The Bertz CT molecular complexity index is 1060. The van der Waals surface area contributed by atoms with Crippen LogP contribution in [-0.2, 0) is 15.7 Å². The van der Waals surface area contributed by atoms with E-state index in [4.69, 9.17) is 16.0 Å². The van der Waals surface area contributed by atoms with Gasteiger partial charge in [-0.25, -0.2) is 14.6 Å². The topological polar surface area (TPSA) is 68.9 Å². The summed E-state index contributed by atoms with van der Waals surface area (Å²) in [6.45, 7) is 16.4. The van der Waals surface area contributed by atoms with E-state index >= 15 is 0 Å². The highest BCUT2D eigenvalue weighted by molar-refractivity contribution is 7.99. The summed E-state index contributed by atoms with van der Waals surface area (Å²) in [7, 11) is 0. The molecule has 1 fully saturated rings. The van der Waals surface area contributed by atoms with Crippen LogP contribution in [0, 0.1) is 6.57 Å². The summed E-state index contributed by atoms with van der Waals surface area (Å²) in [4.78, 5) is 26.5. The van der Waals surface area contributed by atoms with Gasteiger partial charge >= 0.3 is 12.3 Å². The quantitative estimate of drug-likeness (QED) is 0.327. The number of nitrogens with zero attached hydrogens (tertiary/aromatic N) is 4. The Balaban J connectivity index is 1.93. The maximum Gasteiger partial charge on any atom is 0.433 e. The molecule has 184 valence electrons. The lowest BCUT2D eigenvalue weighted by molar-refractivity contribution is -0.141. The monoisotopic (exact) mass is 514 g/mol. The highest BCUT2D eigenvalue weighted by Crippen LogP contribution is 2.46. The van der Waals surface area contributed by atoms with Gasteiger partial charge in [0.05, 0.1) is 24.7 Å². The maximum atomic E-state index is 13.3. The molecule has 0 radical (unpaired) electrons. The molecule has 0 N–H and O–H groups in total. The molecule has 34 heavy (non-hydrogen) atoms. The van der Waals surface area contributed by atoms with E-state index in [2.05, 4.69) is 14.8 Å². The lowest BCUT2D eigenvalue weighted by Gasteiger charge is -2.36. The van der Waals surface area contributed by atoms with E-state index < -0.39 is 40.6 Å². The molecule has 2 atom stereocenters. The molecule has 0 aliphatic carbocycles. The average molecular weight is 515 g/mol. The van der Waals surface area contributed by atoms with Crippen LogP contribution in [0.4, 0.5) is 23.7 Å². The smallest absolute Gasteiger partial charge is 0.433 e. The first kappa shape index (κ1) is 26.2. The van der Waals surface area contributed by atoms with Gasteiger partial charge in [-0.3, -0.25) is 9.88 Å². The minimum atomic E-state index is -4.63. The van der Waals surface area contributed by atoms with Crippen molar-refractivity contribution in [1.82, 2.24) is 14.9 Å². The first-order valence-electron chi connectivity index (χ1n) is 10.4. The highest BCUT2D eigenvalue weighted by atomic mass is 32.2. The lowest BCUT2D eigenvalue weighted by atomic mass is 10.1. The Morgan fingerprint density at radius 2 is 2.12 bits per heavy atom. The van der Waals surface area contributed by atoms with Gasteiger partial charge in [0.2, 0.25) is 5.69 Å². The number of ether oxygens (including phenoxy) is 2. The van der Waals surface area contributed by atoms with Gasteiger partial charge in [-0.2, -0.15) is 13.2 Å². The molecule has 1 unspecified atom stereocenters. The van der Waals surface area contributed by atoms with Crippen molar-refractivity contribution >= 4 is 34.9 Å². The fourth-order valence-electron chi connectivity index (χ4n) is 3.49. The van der Waals surface area contributed by atoms with Crippen molar-refractivity contribution < 1.29 is 27.4 Å². The molecule has 7 nitrogen and oxygen atoms in total. The fraction of sp³-hybridized carbons (Fsp3) is 0.545. The number of carbonyl (C=O) groups is 1. The molecule has 1 aliphatic rings. The molecule has 0 saturated carbocycles. The van der Waals surface area contributed by atoms with Crippen LogP contribution in [0.3, 0.4) is 0 Å². The molecule has 3 rings (SSSR count). The molecule has 0 spiro atoms. The average Bonchev–Trinajstić information content (AvgIpc) is 3.33. The van der Waals surface area contributed by atoms with Gasteiger partial charge in [0.25, 0.3) is 0 Å². The molecule has 0 aromatic carbocycles. The number of amides is 1. The molecular weight excluding hydrogens is 489 g/mol. The van der Waals surface area contributed by atoms with E-state index in [0.717, 1.165) is 28.8 Å². The van der Waals surface area contributed by atoms with E-state index in [0.29, 0.717) is 6.42 Å². The van der Waals surface area contributed by atoms with Crippen molar-refractivity contribution in [3.8, 4) is 0 Å². The number of carbonyl (C=O) groups excluding carboxylic acids is 1. The Morgan fingerprint density at radius 3 is 2.68 bits per heavy atom. The highest BCUT2D eigenvalue weighted by Gasteiger charge is 2.46. The third kappa shape index (κ3) is 6.20. The fourth-order valence-corrected chi connectivity index (χ4v) is 5.56. The summed E-state index contributed by atoms with van der Waals surface area (Å²) < 4.78 is 51.3. The zero-order valence-electron chi connectivity index (χ0n) is 19.3. The maximum absolute atomic E-state index is 13.3. The summed E-state index contributed by atoms with van der Waals surface area (Å²) >= 11 is 2.39.